The lowest BCUT2D eigenvalue weighted by atomic mass is 9.85. The molecular formula is C15H21N3O. The second-order valence-corrected chi connectivity index (χ2v) is 5.91. The first-order chi connectivity index (χ1) is 8.72. The number of aliphatic hydroxyl groups is 1. The molecular weight excluding hydrogens is 238 g/mol. The molecule has 19 heavy (non-hydrogen) atoms. The fraction of sp³-hybridized carbons (Fsp3) is 0.400. The standard InChI is InChI=1S/C15H21N3O/c1-14(2,15(3,4)19)18-12-8-7-11(16)13-10(12)6-5-9-17-13/h5-9,18-19H,16H2,1-4H3. The summed E-state index contributed by atoms with van der Waals surface area (Å²) in [5.41, 5.74) is 6.95. The van der Waals surface area contributed by atoms with E-state index in [1.807, 2.05) is 38.1 Å². The third kappa shape index (κ3) is 2.49. The lowest BCUT2D eigenvalue weighted by Crippen LogP contribution is -2.51. The zero-order valence-corrected chi connectivity index (χ0v) is 11.9. The van der Waals surface area contributed by atoms with Crippen LogP contribution in [-0.2, 0) is 0 Å². The van der Waals surface area contributed by atoms with Crippen LogP contribution in [0.5, 0.6) is 0 Å². The Morgan fingerprint density at radius 3 is 2.47 bits per heavy atom. The highest BCUT2D eigenvalue weighted by atomic mass is 16.3. The van der Waals surface area contributed by atoms with Crippen LogP contribution < -0.4 is 11.1 Å². The van der Waals surface area contributed by atoms with Crippen LogP contribution in [0.4, 0.5) is 11.4 Å². The van der Waals surface area contributed by atoms with Crippen LogP contribution in [-0.4, -0.2) is 21.2 Å². The number of nitrogens with one attached hydrogen (secondary N) is 1. The van der Waals surface area contributed by atoms with E-state index in [1.54, 1.807) is 20.0 Å². The summed E-state index contributed by atoms with van der Waals surface area (Å²) in [7, 11) is 0. The molecule has 4 nitrogen and oxygen atoms in total. The highest BCUT2D eigenvalue weighted by Gasteiger charge is 2.35. The monoisotopic (exact) mass is 259 g/mol. The Labute approximate surface area is 113 Å². The van der Waals surface area contributed by atoms with E-state index in [2.05, 4.69) is 10.3 Å². The maximum absolute atomic E-state index is 10.2. The summed E-state index contributed by atoms with van der Waals surface area (Å²) in [6, 6.07) is 7.61. The third-order valence-corrected chi connectivity index (χ3v) is 3.78. The second-order valence-electron chi connectivity index (χ2n) is 5.91. The summed E-state index contributed by atoms with van der Waals surface area (Å²) in [6.07, 6.45) is 1.73. The van der Waals surface area contributed by atoms with Gasteiger partial charge in [0.2, 0.25) is 0 Å². The Kier molecular flexibility index (Phi) is 3.14. The van der Waals surface area contributed by atoms with Crippen molar-refractivity contribution in [3.05, 3.63) is 30.5 Å². The largest absolute Gasteiger partial charge is 0.397 e. The average molecular weight is 259 g/mol. The lowest BCUT2D eigenvalue weighted by Gasteiger charge is -2.39. The van der Waals surface area contributed by atoms with Crippen LogP contribution in [0.2, 0.25) is 0 Å². The number of anilines is 2. The fourth-order valence-corrected chi connectivity index (χ4v) is 1.79. The molecule has 0 fully saturated rings. The van der Waals surface area contributed by atoms with Crippen molar-refractivity contribution in [1.82, 2.24) is 4.98 Å². The minimum Gasteiger partial charge on any atom is -0.397 e. The van der Waals surface area contributed by atoms with Gasteiger partial charge < -0.3 is 16.2 Å². The Morgan fingerprint density at radius 2 is 1.84 bits per heavy atom. The summed E-state index contributed by atoms with van der Waals surface area (Å²) in [5, 5.41) is 14.6. The van der Waals surface area contributed by atoms with Gasteiger partial charge in [0.1, 0.15) is 0 Å². The van der Waals surface area contributed by atoms with Crippen LogP contribution in [0, 0.1) is 0 Å². The Hall–Kier alpha value is -1.81. The number of nitrogen functional groups attached to an aromatic ring is 1. The van der Waals surface area contributed by atoms with E-state index >= 15 is 0 Å². The third-order valence-electron chi connectivity index (χ3n) is 3.78. The molecule has 0 aliphatic rings. The van der Waals surface area contributed by atoms with Crippen molar-refractivity contribution in [1.29, 1.82) is 0 Å². The average Bonchev–Trinajstić information content (AvgIpc) is 2.32. The van der Waals surface area contributed by atoms with Crippen molar-refractivity contribution >= 4 is 22.3 Å². The van der Waals surface area contributed by atoms with Crippen LogP contribution in [0.15, 0.2) is 30.5 Å². The summed E-state index contributed by atoms with van der Waals surface area (Å²) in [4.78, 5) is 4.31. The Morgan fingerprint density at radius 1 is 1.16 bits per heavy atom. The number of hydrogen-bond donors (Lipinski definition) is 3. The summed E-state index contributed by atoms with van der Waals surface area (Å²) >= 11 is 0. The minimum absolute atomic E-state index is 0.480. The smallest absolute Gasteiger partial charge is 0.0951 e. The van der Waals surface area contributed by atoms with E-state index in [1.165, 1.54) is 0 Å². The molecule has 0 radical (unpaired) electrons. The van der Waals surface area contributed by atoms with E-state index in [0.717, 1.165) is 16.6 Å². The molecule has 0 aliphatic heterocycles. The highest BCUT2D eigenvalue weighted by molar-refractivity contribution is 5.98. The van der Waals surface area contributed by atoms with Crippen molar-refractivity contribution < 1.29 is 5.11 Å². The van der Waals surface area contributed by atoms with E-state index in [-0.39, 0.29) is 0 Å². The number of aromatic nitrogens is 1. The molecule has 0 spiro atoms. The number of benzene rings is 1. The topological polar surface area (TPSA) is 71.2 Å². The zero-order chi connectivity index (χ0) is 14.3. The second kappa shape index (κ2) is 4.38. The molecule has 2 aromatic rings. The van der Waals surface area contributed by atoms with Gasteiger partial charge in [-0.1, -0.05) is 0 Å². The van der Waals surface area contributed by atoms with Crippen LogP contribution in [0.25, 0.3) is 10.9 Å². The Bertz CT molecular complexity index is 600. The van der Waals surface area contributed by atoms with E-state index in [0.29, 0.717) is 5.69 Å². The van der Waals surface area contributed by atoms with Gasteiger partial charge in [0.05, 0.1) is 22.3 Å². The van der Waals surface area contributed by atoms with Crippen molar-refractivity contribution in [2.75, 3.05) is 11.1 Å². The highest BCUT2D eigenvalue weighted by Crippen LogP contribution is 2.31. The molecule has 0 atom stereocenters. The normalized spacial score (nSPS) is 12.7. The molecule has 2 rings (SSSR count). The number of pyridine rings is 1. The predicted molar refractivity (Wildman–Crippen MR) is 80.2 cm³/mol. The number of rotatable bonds is 3. The lowest BCUT2D eigenvalue weighted by molar-refractivity contribution is 0.0241. The quantitative estimate of drug-likeness (QED) is 0.741. The first kappa shape index (κ1) is 13.6. The molecule has 1 aromatic carbocycles. The first-order valence-electron chi connectivity index (χ1n) is 6.36. The zero-order valence-electron chi connectivity index (χ0n) is 11.9. The summed E-state index contributed by atoms with van der Waals surface area (Å²) < 4.78 is 0. The maximum atomic E-state index is 10.2. The van der Waals surface area contributed by atoms with Crippen molar-refractivity contribution in [2.24, 2.45) is 0 Å². The van der Waals surface area contributed by atoms with Crippen LogP contribution in [0.1, 0.15) is 27.7 Å². The van der Waals surface area contributed by atoms with E-state index in [9.17, 15) is 5.11 Å². The van der Waals surface area contributed by atoms with E-state index in [4.69, 9.17) is 5.73 Å². The predicted octanol–water partition coefficient (Wildman–Crippen LogP) is 2.78. The van der Waals surface area contributed by atoms with Gasteiger partial charge in [0.25, 0.3) is 0 Å². The molecule has 0 aliphatic carbocycles. The van der Waals surface area contributed by atoms with Gasteiger partial charge in [0.15, 0.2) is 0 Å². The van der Waals surface area contributed by atoms with Crippen molar-refractivity contribution in [3.8, 4) is 0 Å². The molecule has 1 heterocycles. The number of hydrogen-bond acceptors (Lipinski definition) is 4. The van der Waals surface area contributed by atoms with Crippen molar-refractivity contribution in [2.45, 2.75) is 38.8 Å². The molecule has 0 saturated heterocycles. The molecule has 0 bridgehead atoms. The molecule has 0 unspecified atom stereocenters. The van der Waals surface area contributed by atoms with Gasteiger partial charge in [-0.2, -0.15) is 0 Å². The number of fused-ring (bicyclic) bond motifs is 1. The molecule has 4 heteroatoms. The Balaban J connectivity index is 2.51. The van der Waals surface area contributed by atoms with Crippen LogP contribution in [0.3, 0.4) is 0 Å². The van der Waals surface area contributed by atoms with Gasteiger partial charge in [-0.25, -0.2) is 0 Å². The van der Waals surface area contributed by atoms with Gasteiger partial charge in [-0.3, -0.25) is 4.98 Å². The van der Waals surface area contributed by atoms with Crippen molar-refractivity contribution in [3.63, 3.8) is 0 Å². The van der Waals surface area contributed by atoms with Gasteiger partial charge in [0, 0.05) is 17.3 Å². The van der Waals surface area contributed by atoms with Crippen LogP contribution >= 0.6 is 0 Å². The summed E-state index contributed by atoms with van der Waals surface area (Å²) in [5.74, 6) is 0. The van der Waals surface area contributed by atoms with Gasteiger partial charge >= 0.3 is 0 Å². The molecule has 0 saturated carbocycles. The molecule has 1 aromatic heterocycles. The first-order valence-corrected chi connectivity index (χ1v) is 6.36. The minimum atomic E-state index is -0.858. The molecule has 0 amide bonds. The number of nitrogens with zero attached hydrogens (tertiary/aromatic N) is 1. The van der Waals surface area contributed by atoms with Gasteiger partial charge in [-0.15, -0.1) is 0 Å². The fourth-order valence-electron chi connectivity index (χ4n) is 1.79. The molecule has 4 N–H and O–H groups in total. The molecule has 102 valence electrons. The maximum Gasteiger partial charge on any atom is 0.0951 e. The SMILES string of the molecule is CC(C)(O)C(C)(C)Nc1ccc(N)c2ncccc12. The van der Waals surface area contributed by atoms with E-state index < -0.39 is 11.1 Å². The van der Waals surface area contributed by atoms with Gasteiger partial charge in [-0.05, 0) is 52.0 Å². The number of nitrogens with two attached hydrogens (primary N) is 1. The summed E-state index contributed by atoms with van der Waals surface area (Å²) in [6.45, 7) is 7.51.